The fourth-order valence-electron chi connectivity index (χ4n) is 3.19. The smallest absolute Gasteiger partial charge is 0.0157 e. The SMILES string of the molecule is CC(C)(CC1CCNCC1)N1CCNCC1. The first kappa shape index (κ1) is 12.3. The van der Waals surface area contributed by atoms with Crippen molar-refractivity contribution >= 4 is 0 Å². The molecule has 2 rings (SSSR count). The summed E-state index contributed by atoms with van der Waals surface area (Å²) in [6.07, 6.45) is 4.11. The van der Waals surface area contributed by atoms with Gasteiger partial charge in [0, 0.05) is 31.7 Å². The van der Waals surface area contributed by atoms with Crippen LogP contribution in [0.3, 0.4) is 0 Å². The molecule has 0 aromatic heterocycles. The molecule has 2 fully saturated rings. The zero-order chi connectivity index (χ0) is 11.4. The highest BCUT2D eigenvalue weighted by atomic mass is 15.2. The van der Waals surface area contributed by atoms with Crippen molar-refractivity contribution < 1.29 is 0 Å². The lowest BCUT2D eigenvalue weighted by atomic mass is 9.83. The van der Waals surface area contributed by atoms with E-state index in [-0.39, 0.29) is 0 Å². The van der Waals surface area contributed by atoms with E-state index in [9.17, 15) is 0 Å². The number of nitrogens with zero attached hydrogens (tertiary/aromatic N) is 1. The van der Waals surface area contributed by atoms with E-state index in [1.165, 1.54) is 45.4 Å². The lowest BCUT2D eigenvalue weighted by molar-refractivity contribution is 0.0744. The maximum absolute atomic E-state index is 3.46. The van der Waals surface area contributed by atoms with Gasteiger partial charge in [0.2, 0.25) is 0 Å². The molecule has 0 bridgehead atoms. The van der Waals surface area contributed by atoms with Crippen molar-refractivity contribution in [2.75, 3.05) is 39.3 Å². The molecule has 2 heterocycles. The Morgan fingerprint density at radius 1 is 1.00 bits per heavy atom. The fourth-order valence-corrected chi connectivity index (χ4v) is 3.19. The van der Waals surface area contributed by atoms with Crippen LogP contribution in [0.4, 0.5) is 0 Å². The highest BCUT2D eigenvalue weighted by Crippen LogP contribution is 2.28. The van der Waals surface area contributed by atoms with Gasteiger partial charge in [0.1, 0.15) is 0 Å². The Balaban J connectivity index is 1.84. The Morgan fingerprint density at radius 3 is 2.19 bits per heavy atom. The minimum absolute atomic E-state index is 0.393. The minimum atomic E-state index is 0.393. The van der Waals surface area contributed by atoms with E-state index in [2.05, 4.69) is 29.4 Å². The standard InChI is InChI=1S/C13H27N3/c1-13(2,16-9-7-15-8-10-16)11-12-3-5-14-6-4-12/h12,14-15H,3-11H2,1-2H3. The molecule has 3 nitrogen and oxygen atoms in total. The van der Waals surface area contributed by atoms with E-state index in [0.717, 1.165) is 19.0 Å². The van der Waals surface area contributed by atoms with Crippen LogP contribution in [0, 0.1) is 5.92 Å². The first-order valence-electron chi connectivity index (χ1n) is 6.85. The Morgan fingerprint density at radius 2 is 1.56 bits per heavy atom. The summed E-state index contributed by atoms with van der Waals surface area (Å²) in [5.41, 5.74) is 0.393. The third-order valence-corrected chi connectivity index (χ3v) is 4.22. The molecule has 0 amide bonds. The molecule has 0 unspecified atom stereocenters. The lowest BCUT2D eigenvalue weighted by Gasteiger charge is -2.43. The number of hydrogen-bond acceptors (Lipinski definition) is 3. The van der Waals surface area contributed by atoms with Gasteiger partial charge in [-0.1, -0.05) is 0 Å². The van der Waals surface area contributed by atoms with E-state index in [1.807, 2.05) is 0 Å². The Hall–Kier alpha value is -0.120. The second-order valence-electron chi connectivity index (χ2n) is 5.95. The van der Waals surface area contributed by atoms with Crippen molar-refractivity contribution in [1.82, 2.24) is 15.5 Å². The summed E-state index contributed by atoms with van der Waals surface area (Å²) in [6, 6.07) is 0. The molecule has 0 aromatic carbocycles. The molecule has 2 saturated heterocycles. The van der Waals surface area contributed by atoms with Gasteiger partial charge in [-0.05, 0) is 52.1 Å². The van der Waals surface area contributed by atoms with Crippen LogP contribution in [0.5, 0.6) is 0 Å². The third kappa shape index (κ3) is 3.19. The van der Waals surface area contributed by atoms with Gasteiger partial charge in [-0.3, -0.25) is 4.90 Å². The van der Waals surface area contributed by atoms with Crippen LogP contribution in [0.2, 0.25) is 0 Å². The molecule has 0 radical (unpaired) electrons. The quantitative estimate of drug-likeness (QED) is 0.752. The first-order valence-corrected chi connectivity index (χ1v) is 6.85. The predicted molar refractivity (Wildman–Crippen MR) is 68.7 cm³/mol. The zero-order valence-corrected chi connectivity index (χ0v) is 10.9. The summed E-state index contributed by atoms with van der Waals surface area (Å²) in [6.45, 7) is 12.1. The van der Waals surface area contributed by atoms with Crippen LogP contribution in [-0.2, 0) is 0 Å². The lowest BCUT2D eigenvalue weighted by Crippen LogP contribution is -2.54. The van der Waals surface area contributed by atoms with E-state index >= 15 is 0 Å². The van der Waals surface area contributed by atoms with Crippen molar-refractivity contribution in [1.29, 1.82) is 0 Å². The van der Waals surface area contributed by atoms with Gasteiger partial charge in [-0.2, -0.15) is 0 Å². The van der Waals surface area contributed by atoms with E-state index in [1.54, 1.807) is 0 Å². The molecule has 0 aromatic rings. The Labute approximate surface area is 100.0 Å². The van der Waals surface area contributed by atoms with Gasteiger partial charge in [0.05, 0.1) is 0 Å². The average Bonchev–Trinajstić information content (AvgIpc) is 2.31. The molecular formula is C13H27N3. The van der Waals surface area contributed by atoms with Gasteiger partial charge in [0.15, 0.2) is 0 Å². The van der Waals surface area contributed by atoms with Crippen molar-refractivity contribution in [3.8, 4) is 0 Å². The van der Waals surface area contributed by atoms with Crippen molar-refractivity contribution in [2.45, 2.75) is 38.6 Å². The van der Waals surface area contributed by atoms with Crippen LogP contribution >= 0.6 is 0 Å². The number of hydrogen-bond donors (Lipinski definition) is 2. The third-order valence-electron chi connectivity index (χ3n) is 4.22. The fraction of sp³-hybridized carbons (Fsp3) is 1.00. The van der Waals surface area contributed by atoms with Gasteiger partial charge in [0.25, 0.3) is 0 Å². The Bertz CT molecular complexity index is 203. The maximum Gasteiger partial charge on any atom is 0.0157 e. The molecule has 0 aliphatic carbocycles. The monoisotopic (exact) mass is 225 g/mol. The predicted octanol–water partition coefficient (Wildman–Crippen LogP) is 1.06. The summed E-state index contributed by atoms with van der Waals surface area (Å²) in [5.74, 6) is 0.936. The van der Waals surface area contributed by atoms with E-state index in [4.69, 9.17) is 0 Å². The van der Waals surface area contributed by atoms with E-state index in [0.29, 0.717) is 5.54 Å². The topological polar surface area (TPSA) is 27.3 Å². The minimum Gasteiger partial charge on any atom is -0.317 e. The normalized spacial score (nSPS) is 25.9. The molecule has 3 heteroatoms. The molecule has 16 heavy (non-hydrogen) atoms. The van der Waals surface area contributed by atoms with Crippen molar-refractivity contribution in [3.63, 3.8) is 0 Å². The van der Waals surface area contributed by atoms with Gasteiger partial charge in [-0.25, -0.2) is 0 Å². The molecule has 2 aliphatic rings. The Kier molecular flexibility index (Phi) is 4.22. The van der Waals surface area contributed by atoms with Crippen molar-refractivity contribution in [3.05, 3.63) is 0 Å². The summed E-state index contributed by atoms with van der Waals surface area (Å²) in [7, 11) is 0. The highest BCUT2D eigenvalue weighted by molar-refractivity contribution is 4.87. The molecule has 94 valence electrons. The molecule has 2 aliphatic heterocycles. The summed E-state index contributed by atoms with van der Waals surface area (Å²) < 4.78 is 0. The number of rotatable bonds is 3. The van der Waals surface area contributed by atoms with Crippen LogP contribution in [0.25, 0.3) is 0 Å². The molecule has 0 saturated carbocycles. The summed E-state index contributed by atoms with van der Waals surface area (Å²) in [4.78, 5) is 2.67. The number of nitrogens with one attached hydrogen (secondary N) is 2. The van der Waals surface area contributed by atoms with Crippen LogP contribution in [0.1, 0.15) is 33.1 Å². The molecule has 0 atom stereocenters. The second-order valence-corrected chi connectivity index (χ2v) is 5.95. The number of piperazine rings is 1. The van der Waals surface area contributed by atoms with Crippen molar-refractivity contribution in [2.24, 2.45) is 5.92 Å². The highest BCUT2D eigenvalue weighted by Gasteiger charge is 2.30. The molecule has 2 N–H and O–H groups in total. The molecule has 0 spiro atoms. The largest absolute Gasteiger partial charge is 0.317 e. The van der Waals surface area contributed by atoms with Crippen LogP contribution in [-0.4, -0.2) is 49.7 Å². The van der Waals surface area contributed by atoms with Gasteiger partial charge >= 0.3 is 0 Å². The van der Waals surface area contributed by atoms with Gasteiger partial charge < -0.3 is 10.6 Å². The summed E-state index contributed by atoms with van der Waals surface area (Å²) >= 11 is 0. The van der Waals surface area contributed by atoms with Gasteiger partial charge in [-0.15, -0.1) is 0 Å². The molecular weight excluding hydrogens is 198 g/mol. The van der Waals surface area contributed by atoms with Crippen LogP contribution in [0.15, 0.2) is 0 Å². The average molecular weight is 225 g/mol. The zero-order valence-electron chi connectivity index (χ0n) is 10.9. The summed E-state index contributed by atoms with van der Waals surface area (Å²) in [5, 5.41) is 6.90. The maximum atomic E-state index is 3.46. The number of piperidine rings is 1. The second kappa shape index (κ2) is 5.48. The first-order chi connectivity index (χ1) is 7.68. The van der Waals surface area contributed by atoms with E-state index < -0.39 is 0 Å². The van der Waals surface area contributed by atoms with Crippen LogP contribution < -0.4 is 10.6 Å².